The van der Waals surface area contributed by atoms with Gasteiger partial charge in [-0.2, -0.15) is 0 Å². The van der Waals surface area contributed by atoms with Gasteiger partial charge in [0.05, 0.1) is 39.6 Å². The van der Waals surface area contributed by atoms with Crippen LogP contribution in [0.5, 0.6) is 0 Å². The molecule has 53 heteroatoms. The number of amides is 18. The van der Waals surface area contributed by atoms with E-state index in [0.717, 1.165) is 81.5 Å². The number of Topliss-reactive ketones (excluding diaryl/α,β-unsaturated/α-hetero) is 3. The van der Waals surface area contributed by atoms with Gasteiger partial charge in [-0.15, -0.1) is 0 Å². The largest absolute Gasteiger partial charge is 0.478 e. The predicted molar refractivity (Wildman–Crippen MR) is 381 cm³/mol. The van der Waals surface area contributed by atoms with Gasteiger partial charge in [0, 0.05) is 101 Å². The number of esters is 11. The van der Waals surface area contributed by atoms with Crippen molar-refractivity contribution in [2.75, 3.05) is 95.3 Å². The Morgan fingerprint density at radius 1 is 0.339 bits per heavy atom. The molecule has 53 nitrogen and oxygen atoms in total. The number of ketones is 3. The molecule has 8 atom stereocenters. The molecule has 0 saturated carbocycles. The molecule has 654 valence electrons. The standard InChI is InChI=1S/2C13H13N3O8.C12H16N2O6.C11H14N2O6.C10H12N2O6.C9H9NO6/c2*17-8-3-9(18)14-6(8)4-23-10(19)1-2-11(20)24-5-7-12(21)16-13(22)15-7;1-7(2)20-10(16)5-4-9(15)19-6-8-11(17)14(3)12(18)13-8;1-12-7(10(16)13(2)11(12)17)6-19-9(15)5-4-8(14)18-3;1-12-9(15)6(11-10(12)16)5-18-8(14)4-3-7(13)17-2;11-6-3-7(12)10-5(6)4-16-9(15)2-1-8(13)14/h2*1-2,6-7H,3-5H2,(H,14,18)(H2,15,16,21,22);4-5,7-8H,6H2,1-3H3,(H,13,18);4-5,7H,6H2,1-3H3;3-4,6H,5H2,1-2H3,(H,11,16);1-2,5H,3-4H2,(H,10,12)(H,13,14)/b2*2-1+;2*5-4+;4-3+;2-1+/t2*6-,7-;;;;/m10..../s1. The molecular weight excluding hydrogens is 1640 g/mol. The smallest absolute Gasteiger partial charge is 0.331 e. The van der Waals surface area contributed by atoms with Crippen LogP contribution in [0.15, 0.2) is 72.9 Å². The van der Waals surface area contributed by atoms with Crippen molar-refractivity contribution in [1.82, 2.24) is 67.5 Å². The van der Waals surface area contributed by atoms with Crippen LogP contribution in [-0.4, -0.2) is 341 Å². The Morgan fingerprint density at radius 3 is 0.826 bits per heavy atom. The van der Waals surface area contributed by atoms with Crippen LogP contribution in [0.4, 0.5) is 24.0 Å². The van der Waals surface area contributed by atoms with Gasteiger partial charge in [0.1, 0.15) is 101 Å². The van der Waals surface area contributed by atoms with Crippen LogP contribution in [0.1, 0.15) is 33.1 Å². The summed E-state index contributed by atoms with van der Waals surface area (Å²) in [5.74, 6) is -15.4. The molecule has 8 rings (SSSR count). The lowest BCUT2D eigenvalue weighted by molar-refractivity contribution is -0.143. The molecular formula is C68H77N13O40. The van der Waals surface area contributed by atoms with E-state index in [1.54, 1.807) is 13.8 Å². The van der Waals surface area contributed by atoms with Crippen LogP contribution in [0.25, 0.3) is 0 Å². The highest BCUT2D eigenvalue weighted by molar-refractivity contribution is 6.11. The zero-order valence-corrected chi connectivity index (χ0v) is 64.6. The molecule has 8 heterocycles. The number of hydrogen-bond acceptors (Lipinski definition) is 39. The number of methoxy groups -OCH3 is 2. The van der Waals surface area contributed by atoms with Crippen molar-refractivity contribution < 1.29 is 191 Å². The van der Waals surface area contributed by atoms with E-state index in [9.17, 15) is 134 Å². The molecule has 0 bridgehead atoms. The van der Waals surface area contributed by atoms with Gasteiger partial charge in [-0.1, -0.05) is 0 Å². The van der Waals surface area contributed by atoms with Gasteiger partial charge >= 0.3 is 102 Å². The molecule has 8 fully saturated rings. The van der Waals surface area contributed by atoms with E-state index < -0.39 is 211 Å². The minimum Gasteiger partial charge on any atom is -0.478 e. The third-order valence-electron chi connectivity index (χ3n) is 15.0. The minimum atomic E-state index is -1.28. The number of rotatable bonds is 29. The summed E-state index contributed by atoms with van der Waals surface area (Å²) in [6.45, 7) is 0.758. The van der Waals surface area contributed by atoms with Gasteiger partial charge < -0.3 is 99.3 Å². The van der Waals surface area contributed by atoms with Gasteiger partial charge in [-0.3, -0.25) is 78.1 Å². The molecule has 0 aliphatic carbocycles. The Hall–Kier alpha value is -15.8. The average Bonchev–Trinajstić information content (AvgIpc) is 1.66. The zero-order chi connectivity index (χ0) is 91.1. The predicted octanol–water partition coefficient (Wildman–Crippen LogP) is -9.23. The van der Waals surface area contributed by atoms with E-state index in [0.29, 0.717) is 6.08 Å². The van der Waals surface area contributed by atoms with Crippen molar-refractivity contribution in [2.45, 2.75) is 87.5 Å². The Morgan fingerprint density at radius 2 is 0.603 bits per heavy atom. The van der Waals surface area contributed by atoms with Gasteiger partial charge in [0.2, 0.25) is 17.7 Å². The van der Waals surface area contributed by atoms with E-state index >= 15 is 0 Å². The van der Waals surface area contributed by atoms with Gasteiger partial charge in [-0.25, -0.2) is 81.5 Å². The van der Waals surface area contributed by atoms with E-state index in [1.807, 2.05) is 10.6 Å². The van der Waals surface area contributed by atoms with E-state index in [-0.39, 0.29) is 82.4 Å². The monoisotopic (exact) mass is 1720 g/mol. The van der Waals surface area contributed by atoms with Gasteiger partial charge in [0.25, 0.3) is 29.5 Å². The first-order valence-electron chi connectivity index (χ1n) is 34.2. The maximum absolute atomic E-state index is 11.6. The highest BCUT2D eigenvalue weighted by Crippen LogP contribution is 2.15. The molecule has 0 spiro atoms. The number of aliphatic carboxylic acids is 1. The van der Waals surface area contributed by atoms with Crippen molar-refractivity contribution in [3.8, 4) is 0 Å². The Labute approximate surface area is 679 Å². The van der Waals surface area contributed by atoms with Crippen LogP contribution in [0.3, 0.4) is 0 Å². The topological polar surface area (TPSA) is 721 Å². The second-order valence-electron chi connectivity index (χ2n) is 24.3. The van der Waals surface area contributed by atoms with E-state index in [4.69, 9.17) is 33.5 Å². The Balaban J connectivity index is 0.000000377. The van der Waals surface area contributed by atoms with Gasteiger partial charge in [-0.05, 0) is 13.8 Å². The molecule has 8 saturated heterocycles. The molecule has 18 amide bonds. The maximum Gasteiger partial charge on any atom is 0.331 e. The number of carboxylic acids is 1. The molecule has 0 aromatic rings. The quantitative estimate of drug-likeness (QED) is 0.0109. The number of nitrogens with zero attached hydrogens (tertiary/aromatic N) is 4. The highest BCUT2D eigenvalue weighted by atomic mass is 16.6. The summed E-state index contributed by atoms with van der Waals surface area (Å²) in [5.41, 5.74) is 0. The fraction of sp³-hybridized carbons (Fsp3) is 0.412. The molecule has 121 heavy (non-hydrogen) atoms. The molecule has 10 N–H and O–H groups in total. The van der Waals surface area contributed by atoms with Crippen molar-refractivity contribution in [1.29, 1.82) is 0 Å². The summed E-state index contributed by atoms with van der Waals surface area (Å²) in [5, 5.41) is 28.2. The first kappa shape index (κ1) is 99.4. The van der Waals surface area contributed by atoms with Crippen LogP contribution in [0, 0.1) is 0 Å². The molecule has 4 unspecified atom stereocenters. The summed E-state index contributed by atoms with van der Waals surface area (Å²) >= 11 is 0. The van der Waals surface area contributed by atoms with Gasteiger partial charge in [0.15, 0.2) is 17.3 Å². The lowest BCUT2D eigenvalue weighted by Crippen LogP contribution is -2.36. The molecule has 8 aliphatic heterocycles. The second-order valence-corrected chi connectivity index (χ2v) is 24.3. The number of likely N-dealkylation sites (N-methyl/N-ethyl adjacent to an activating group) is 4. The zero-order valence-electron chi connectivity index (χ0n) is 64.6. The number of carbonyl (C=O) groups is 28. The second kappa shape index (κ2) is 49.2. The van der Waals surface area contributed by atoms with Crippen LogP contribution in [-0.2, 0) is 162 Å². The Bertz CT molecular complexity index is 4130. The summed E-state index contributed by atoms with van der Waals surface area (Å²) in [7, 11) is 7.76. The number of imide groups is 5. The number of carbonyl (C=O) groups excluding carboxylic acids is 27. The van der Waals surface area contributed by atoms with Crippen molar-refractivity contribution in [2.24, 2.45) is 0 Å². The third kappa shape index (κ3) is 35.9. The fourth-order valence-electron chi connectivity index (χ4n) is 8.86. The van der Waals surface area contributed by atoms with E-state index in [2.05, 4.69) is 60.9 Å². The molecule has 0 aromatic heterocycles. The molecule has 0 radical (unpaired) electrons. The normalized spacial score (nSPS) is 20.7. The van der Waals surface area contributed by atoms with Crippen molar-refractivity contribution in [3.63, 3.8) is 0 Å². The lowest BCUT2D eigenvalue weighted by Gasteiger charge is -2.15. The van der Waals surface area contributed by atoms with Crippen LogP contribution in [0.2, 0.25) is 0 Å². The highest BCUT2D eigenvalue weighted by Gasteiger charge is 2.43. The summed E-state index contributed by atoms with van der Waals surface area (Å²) in [6.07, 6.45) is 8.81. The fourth-order valence-corrected chi connectivity index (χ4v) is 8.86. The number of ether oxygens (including phenoxy) is 11. The van der Waals surface area contributed by atoms with E-state index in [1.165, 1.54) is 47.3 Å². The molecule has 8 aliphatic rings. The number of urea groups is 5. The number of hydrogen-bond donors (Lipinski definition) is 10. The first-order chi connectivity index (χ1) is 56.8. The summed E-state index contributed by atoms with van der Waals surface area (Å²) in [4.78, 5) is 315. The van der Waals surface area contributed by atoms with Crippen molar-refractivity contribution >= 4 is 166 Å². The minimum absolute atomic E-state index is 0.215. The summed E-state index contributed by atoms with van der Waals surface area (Å²) < 4.78 is 50.9. The van der Waals surface area contributed by atoms with Crippen LogP contribution < -0.4 is 47.9 Å². The summed E-state index contributed by atoms with van der Waals surface area (Å²) in [6, 6.07) is -10.1. The third-order valence-corrected chi connectivity index (χ3v) is 15.0. The maximum atomic E-state index is 11.6. The van der Waals surface area contributed by atoms with Crippen LogP contribution >= 0.6 is 0 Å². The Kier molecular flexibility index (Phi) is 40.4. The lowest BCUT2D eigenvalue weighted by atomic mass is 10.2. The number of nitrogens with one attached hydrogen (secondary N) is 9. The van der Waals surface area contributed by atoms with Crippen molar-refractivity contribution in [3.05, 3.63) is 72.9 Å². The number of carboxylic acid groups (broad SMARTS) is 1. The molecule has 0 aromatic carbocycles. The average molecular weight is 1720 g/mol. The SMILES string of the molecule is CC(C)OC(=O)/C=C/C(=O)OCC1NC(=O)N(C)C1=O.COC(=O)/C=C/C(=O)OCC1C(=O)N(C)C(=O)N1C.COC(=O)/C=C/C(=O)OCC1NC(=O)N(C)C1=O.O=C(O)/C=C/C(=O)OCC1NC(=O)CC1=O.O=C1CC(=O)[C@@H](COC(=O)/C=C/C(=O)OC[C@H]2NC(=O)NC2=O)N1.O=C1CC(=O)[C@H](COC(=O)/C=C/C(=O)OC[C@@H]2NC(=O)NC2=O)N1. The first-order valence-corrected chi connectivity index (χ1v) is 34.2.